The summed E-state index contributed by atoms with van der Waals surface area (Å²) >= 11 is 1.04. The Morgan fingerprint density at radius 3 is 2.28 bits per heavy atom. The Labute approximate surface area is 147 Å². The molecule has 128 valence electrons. The van der Waals surface area contributed by atoms with Crippen molar-refractivity contribution in [2.75, 3.05) is 7.11 Å². The third kappa shape index (κ3) is 3.96. The number of ether oxygens (including phenoxy) is 1. The fourth-order valence-corrected chi connectivity index (χ4v) is 3.44. The van der Waals surface area contributed by atoms with Crippen molar-refractivity contribution in [3.63, 3.8) is 0 Å². The topological polar surface area (TPSA) is 22.1 Å². The Morgan fingerprint density at radius 2 is 1.60 bits per heavy atom. The van der Waals surface area contributed by atoms with E-state index in [2.05, 4.69) is 4.98 Å². The number of benzene rings is 2. The summed E-state index contributed by atoms with van der Waals surface area (Å²) in [6.07, 6.45) is -1.34. The van der Waals surface area contributed by atoms with Crippen LogP contribution in [-0.4, -0.2) is 12.1 Å². The van der Waals surface area contributed by atoms with Crippen LogP contribution in [0.4, 0.5) is 13.2 Å². The smallest absolute Gasteiger partial charge is 0.417 e. The fourth-order valence-electron chi connectivity index (χ4n) is 2.39. The third-order valence-electron chi connectivity index (χ3n) is 3.59. The Bertz CT molecular complexity index is 866. The van der Waals surface area contributed by atoms with Gasteiger partial charge >= 0.3 is 6.18 Å². The molecule has 0 unspecified atom stereocenters. The summed E-state index contributed by atoms with van der Waals surface area (Å²) in [6, 6.07) is 14.7. The van der Waals surface area contributed by atoms with Gasteiger partial charge in [0.2, 0.25) is 0 Å². The molecular weight excluding hydrogens is 347 g/mol. The summed E-state index contributed by atoms with van der Waals surface area (Å²) in [4.78, 5) is 4.66. The van der Waals surface area contributed by atoms with Gasteiger partial charge in [0.25, 0.3) is 0 Å². The Hall–Kier alpha value is -2.47. The number of nitrogens with zero attached hydrogens (tertiary/aromatic N) is 1. The summed E-state index contributed by atoms with van der Waals surface area (Å²) in [5.74, 6) is 0.541. The Kier molecular flexibility index (Phi) is 4.99. The molecule has 1 heterocycles. The van der Waals surface area contributed by atoms with Crippen molar-refractivity contribution < 1.29 is 17.9 Å². The van der Waals surface area contributed by atoms with Crippen molar-refractivity contribution in [3.05, 3.63) is 72.6 Å². The number of rotatable bonds is 4. The lowest BCUT2D eigenvalue weighted by atomic mass is 10.0. The molecule has 0 aliphatic heterocycles. The van der Waals surface area contributed by atoms with Crippen LogP contribution in [0.2, 0.25) is 0 Å². The monoisotopic (exact) mass is 361 g/mol. The molecule has 0 aliphatic carbocycles. The highest BCUT2D eigenvalue weighted by Crippen LogP contribution is 2.43. The van der Waals surface area contributed by atoms with E-state index in [1.54, 1.807) is 54.9 Å². The highest BCUT2D eigenvalue weighted by molar-refractivity contribution is 7.99. The van der Waals surface area contributed by atoms with Gasteiger partial charge in [-0.3, -0.25) is 4.98 Å². The lowest BCUT2D eigenvalue weighted by Crippen LogP contribution is -2.07. The molecule has 0 atom stereocenters. The number of para-hydroxylation sites is 1. The van der Waals surface area contributed by atoms with Crippen molar-refractivity contribution in [3.8, 4) is 16.9 Å². The number of methoxy groups -OCH3 is 1. The zero-order valence-corrected chi connectivity index (χ0v) is 14.1. The van der Waals surface area contributed by atoms with Gasteiger partial charge in [0.05, 0.1) is 17.6 Å². The lowest BCUT2D eigenvalue weighted by molar-refractivity contribution is -0.139. The molecule has 2 aromatic carbocycles. The van der Waals surface area contributed by atoms with Gasteiger partial charge in [-0.25, -0.2) is 0 Å². The first-order valence-corrected chi connectivity index (χ1v) is 8.23. The van der Waals surface area contributed by atoms with Gasteiger partial charge in [0.1, 0.15) is 5.75 Å². The van der Waals surface area contributed by atoms with Crippen LogP contribution in [0.15, 0.2) is 76.8 Å². The van der Waals surface area contributed by atoms with E-state index in [4.69, 9.17) is 4.74 Å². The van der Waals surface area contributed by atoms with Gasteiger partial charge in [-0.1, -0.05) is 30.0 Å². The van der Waals surface area contributed by atoms with Gasteiger partial charge in [-0.2, -0.15) is 13.2 Å². The van der Waals surface area contributed by atoms with E-state index < -0.39 is 11.7 Å². The maximum Gasteiger partial charge on any atom is 0.417 e. The minimum Gasteiger partial charge on any atom is -0.496 e. The summed E-state index contributed by atoms with van der Waals surface area (Å²) in [7, 11) is 1.50. The molecule has 0 radical (unpaired) electrons. The number of halogens is 3. The molecular formula is C19H14F3NOS. The predicted octanol–water partition coefficient (Wildman–Crippen LogP) is 5.93. The Morgan fingerprint density at radius 1 is 0.880 bits per heavy atom. The van der Waals surface area contributed by atoms with E-state index in [1.807, 2.05) is 0 Å². The number of hydrogen-bond acceptors (Lipinski definition) is 3. The standard InChI is InChI=1S/C19H14F3NOS/c1-24-16-4-2-3-5-18(16)25-17-7-6-14(12-15(17)19(20,21)22)13-8-10-23-11-9-13/h2-12H,1H3. The molecule has 0 amide bonds. The molecule has 0 N–H and O–H groups in total. The van der Waals surface area contributed by atoms with Gasteiger partial charge in [-0.15, -0.1) is 0 Å². The summed E-state index contributed by atoms with van der Waals surface area (Å²) in [6.45, 7) is 0. The van der Waals surface area contributed by atoms with E-state index in [-0.39, 0.29) is 4.90 Å². The molecule has 25 heavy (non-hydrogen) atoms. The largest absolute Gasteiger partial charge is 0.496 e. The SMILES string of the molecule is COc1ccccc1Sc1ccc(-c2ccncc2)cc1C(F)(F)F. The van der Waals surface area contributed by atoms with Crippen LogP contribution in [0, 0.1) is 0 Å². The second-order valence-corrected chi connectivity index (χ2v) is 6.28. The molecule has 0 fully saturated rings. The van der Waals surface area contributed by atoms with Crippen LogP contribution >= 0.6 is 11.8 Å². The first kappa shape index (κ1) is 17.4. The maximum absolute atomic E-state index is 13.6. The second-order valence-electron chi connectivity index (χ2n) is 5.20. The zero-order chi connectivity index (χ0) is 17.9. The average molecular weight is 361 g/mol. The van der Waals surface area contributed by atoms with E-state index in [0.29, 0.717) is 21.8 Å². The molecule has 0 saturated carbocycles. The molecule has 2 nitrogen and oxygen atoms in total. The minimum atomic E-state index is -4.45. The fraction of sp³-hybridized carbons (Fsp3) is 0.105. The average Bonchev–Trinajstić information content (AvgIpc) is 2.62. The molecule has 3 rings (SSSR count). The molecule has 0 spiro atoms. The highest BCUT2D eigenvalue weighted by Gasteiger charge is 2.34. The van der Waals surface area contributed by atoms with Crippen LogP contribution in [0.25, 0.3) is 11.1 Å². The quantitative estimate of drug-likeness (QED) is 0.575. The first-order chi connectivity index (χ1) is 12.0. The summed E-state index contributed by atoms with van der Waals surface area (Å²) in [5.41, 5.74) is 0.520. The van der Waals surface area contributed by atoms with Gasteiger partial charge in [-0.05, 0) is 47.5 Å². The highest BCUT2D eigenvalue weighted by atomic mass is 32.2. The number of aromatic nitrogens is 1. The minimum absolute atomic E-state index is 0.134. The summed E-state index contributed by atoms with van der Waals surface area (Å²) < 4.78 is 45.9. The van der Waals surface area contributed by atoms with Crippen molar-refractivity contribution in [2.45, 2.75) is 16.0 Å². The molecule has 6 heteroatoms. The van der Waals surface area contributed by atoms with E-state index in [9.17, 15) is 13.2 Å². The van der Waals surface area contributed by atoms with Gasteiger partial charge in [0, 0.05) is 17.3 Å². The normalized spacial score (nSPS) is 11.4. The number of hydrogen-bond donors (Lipinski definition) is 0. The van der Waals surface area contributed by atoms with E-state index >= 15 is 0 Å². The van der Waals surface area contributed by atoms with Crippen LogP contribution in [0.1, 0.15) is 5.56 Å². The van der Waals surface area contributed by atoms with Crippen LogP contribution in [0.5, 0.6) is 5.75 Å². The molecule has 0 bridgehead atoms. The number of pyridine rings is 1. The van der Waals surface area contributed by atoms with Gasteiger partial charge in [0.15, 0.2) is 0 Å². The molecule has 0 saturated heterocycles. The first-order valence-electron chi connectivity index (χ1n) is 7.41. The second kappa shape index (κ2) is 7.19. The third-order valence-corrected chi connectivity index (χ3v) is 4.72. The van der Waals surface area contributed by atoms with Crippen molar-refractivity contribution in [1.29, 1.82) is 0 Å². The number of alkyl halides is 3. The maximum atomic E-state index is 13.6. The van der Waals surface area contributed by atoms with Crippen LogP contribution in [0.3, 0.4) is 0 Å². The van der Waals surface area contributed by atoms with E-state index in [0.717, 1.165) is 11.8 Å². The molecule has 3 aromatic rings. The van der Waals surface area contributed by atoms with Crippen molar-refractivity contribution >= 4 is 11.8 Å². The van der Waals surface area contributed by atoms with Crippen LogP contribution in [-0.2, 0) is 6.18 Å². The van der Waals surface area contributed by atoms with Crippen LogP contribution < -0.4 is 4.74 Å². The lowest BCUT2D eigenvalue weighted by Gasteiger charge is -2.15. The van der Waals surface area contributed by atoms with Gasteiger partial charge < -0.3 is 4.74 Å². The molecule has 1 aromatic heterocycles. The zero-order valence-electron chi connectivity index (χ0n) is 13.2. The molecule has 0 aliphatic rings. The van der Waals surface area contributed by atoms with E-state index in [1.165, 1.54) is 19.2 Å². The Balaban J connectivity index is 2.05. The van der Waals surface area contributed by atoms with Crippen molar-refractivity contribution in [2.24, 2.45) is 0 Å². The predicted molar refractivity (Wildman–Crippen MR) is 91.8 cm³/mol. The summed E-state index contributed by atoms with van der Waals surface area (Å²) in [5, 5.41) is 0. The van der Waals surface area contributed by atoms with Crippen molar-refractivity contribution in [1.82, 2.24) is 4.98 Å².